The summed E-state index contributed by atoms with van der Waals surface area (Å²) >= 11 is 0. The van der Waals surface area contributed by atoms with Gasteiger partial charge >= 0.3 is 0 Å². The van der Waals surface area contributed by atoms with Gasteiger partial charge in [0.1, 0.15) is 5.75 Å². The predicted molar refractivity (Wildman–Crippen MR) is 52.8 cm³/mol. The average Bonchev–Trinajstić information content (AvgIpc) is 2.16. The van der Waals surface area contributed by atoms with Crippen LogP contribution in [0.3, 0.4) is 0 Å². The topological polar surface area (TPSA) is 34.1 Å². The van der Waals surface area contributed by atoms with Gasteiger partial charge in [-0.05, 0) is 19.5 Å². The van der Waals surface area contributed by atoms with Gasteiger partial charge < -0.3 is 10.1 Å². The smallest absolute Gasteiger partial charge is 0.122 e. The van der Waals surface area contributed by atoms with Crippen LogP contribution in [-0.4, -0.2) is 18.1 Å². The highest BCUT2D eigenvalue weighted by Gasteiger charge is 1.96. The molecule has 0 aliphatic heterocycles. The Morgan fingerprint density at radius 2 is 2.31 bits per heavy atom. The van der Waals surface area contributed by atoms with Crippen LogP contribution < -0.4 is 10.1 Å². The highest BCUT2D eigenvalue weighted by atomic mass is 16.5. The molecule has 0 saturated heterocycles. The van der Waals surface area contributed by atoms with E-state index >= 15 is 0 Å². The summed E-state index contributed by atoms with van der Waals surface area (Å²) in [7, 11) is 0. The van der Waals surface area contributed by atoms with E-state index in [1.165, 1.54) is 0 Å². The van der Waals surface area contributed by atoms with Crippen LogP contribution in [0.5, 0.6) is 5.75 Å². The Kier molecular flexibility index (Phi) is 4.26. The summed E-state index contributed by atoms with van der Waals surface area (Å²) in [6.45, 7) is 6.51. The Morgan fingerprint density at radius 3 is 3.00 bits per heavy atom. The Bertz CT molecular complexity index is 250. The minimum Gasteiger partial charge on any atom is -0.494 e. The number of hydrogen-bond acceptors (Lipinski definition) is 3. The molecule has 1 N–H and O–H groups in total. The Balaban J connectivity index is 2.56. The predicted octanol–water partition coefficient (Wildman–Crippen LogP) is 1.59. The zero-order chi connectivity index (χ0) is 9.52. The summed E-state index contributed by atoms with van der Waals surface area (Å²) in [5, 5.41) is 3.22. The van der Waals surface area contributed by atoms with Crippen LogP contribution in [0.2, 0.25) is 0 Å². The molecule has 0 unspecified atom stereocenters. The maximum absolute atomic E-state index is 5.36. The highest BCUT2D eigenvalue weighted by molar-refractivity contribution is 5.22. The minimum atomic E-state index is 0.699. The van der Waals surface area contributed by atoms with Crippen LogP contribution in [0.25, 0.3) is 0 Å². The van der Waals surface area contributed by atoms with E-state index in [4.69, 9.17) is 4.74 Å². The average molecular weight is 180 g/mol. The number of nitrogens with zero attached hydrogens (tertiary/aromatic N) is 1. The third-order valence-electron chi connectivity index (χ3n) is 1.66. The maximum Gasteiger partial charge on any atom is 0.122 e. The van der Waals surface area contributed by atoms with Crippen molar-refractivity contribution in [1.82, 2.24) is 10.3 Å². The Labute approximate surface area is 79.1 Å². The molecule has 3 nitrogen and oxygen atoms in total. The Morgan fingerprint density at radius 1 is 1.46 bits per heavy atom. The monoisotopic (exact) mass is 180 g/mol. The van der Waals surface area contributed by atoms with Gasteiger partial charge in [0.15, 0.2) is 0 Å². The van der Waals surface area contributed by atoms with Crippen LogP contribution in [0.4, 0.5) is 0 Å². The van der Waals surface area contributed by atoms with Gasteiger partial charge in [-0.1, -0.05) is 6.92 Å². The van der Waals surface area contributed by atoms with Crippen LogP contribution in [0.15, 0.2) is 18.3 Å². The quantitative estimate of drug-likeness (QED) is 0.747. The van der Waals surface area contributed by atoms with Gasteiger partial charge in [0.05, 0.1) is 12.3 Å². The van der Waals surface area contributed by atoms with Gasteiger partial charge in [-0.25, -0.2) is 0 Å². The third kappa shape index (κ3) is 3.42. The van der Waals surface area contributed by atoms with Crippen molar-refractivity contribution in [2.75, 3.05) is 13.2 Å². The molecule has 0 aliphatic rings. The van der Waals surface area contributed by atoms with Crippen molar-refractivity contribution in [2.24, 2.45) is 0 Å². The molecule has 3 heteroatoms. The van der Waals surface area contributed by atoms with Crippen molar-refractivity contribution in [3.63, 3.8) is 0 Å². The molecule has 0 atom stereocenters. The number of ether oxygens (including phenoxy) is 1. The van der Waals surface area contributed by atoms with E-state index < -0.39 is 0 Å². The number of pyridine rings is 1. The van der Waals surface area contributed by atoms with E-state index in [0.29, 0.717) is 6.61 Å². The lowest BCUT2D eigenvalue weighted by Crippen LogP contribution is -2.12. The highest BCUT2D eigenvalue weighted by Crippen LogP contribution is 2.10. The largest absolute Gasteiger partial charge is 0.494 e. The van der Waals surface area contributed by atoms with Crippen molar-refractivity contribution in [3.8, 4) is 5.75 Å². The molecule has 0 spiro atoms. The lowest BCUT2D eigenvalue weighted by molar-refractivity contribution is 0.339. The zero-order valence-electron chi connectivity index (χ0n) is 8.21. The Hall–Kier alpha value is -1.09. The van der Waals surface area contributed by atoms with Crippen LogP contribution in [0.1, 0.15) is 19.5 Å². The standard InChI is InChI=1S/C10H16N2O/c1-3-11-8-9-7-10(13-4-2)5-6-12-9/h5-7,11H,3-4,8H2,1-2H3. The van der Waals surface area contributed by atoms with Gasteiger partial charge in [-0.15, -0.1) is 0 Å². The van der Waals surface area contributed by atoms with Gasteiger partial charge in [0, 0.05) is 18.8 Å². The zero-order valence-corrected chi connectivity index (χ0v) is 8.21. The summed E-state index contributed by atoms with van der Waals surface area (Å²) in [4.78, 5) is 4.22. The van der Waals surface area contributed by atoms with E-state index in [1.807, 2.05) is 19.1 Å². The molecule has 0 bridgehead atoms. The van der Waals surface area contributed by atoms with Crippen LogP contribution >= 0.6 is 0 Å². The molecule has 1 aromatic rings. The third-order valence-corrected chi connectivity index (χ3v) is 1.66. The molecule has 0 saturated carbocycles. The van der Waals surface area contributed by atoms with Crippen molar-refractivity contribution in [2.45, 2.75) is 20.4 Å². The van der Waals surface area contributed by atoms with Crippen LogP contribution in [-0.2, 0) is 6.54 Å². The molecular weight excluding hydrogens is 164 g/mol. The summed E-state index contributed by atoms with van der Waals surface area (Å²) in [6, 6.07) is 3.84. The molecule has 72 valence electrons. The van der Waals surface area contributed by atoms with E-state index in [2.05, 4.69) is 17.2 Å². The second-order valence-corrected chi connectivity index (χ2v) is 2.70. The van der Waals surface area contributed by atoms with Crippen molar-refractivity contribution in [3.05, 3.63) is 24.0 Å². The molecule has 0 amide bonds. The first-order valence-electron chi connectivity index (χ1n) is 4.65. The first-order chi connectivity index (χ1) is 6.36. The molecular formula is C10H16N2O. The fourth-order valence-electron chi connectivity index (χ4n) is 1.06. The van der Waals surface area contributed by atoms with E-state index in [-0.39, 0.29) is 0 Å². The normalized spacial score (nSPS) is 10.0. The SMILES string of the molecule is CCNCc1cc(OCC)ccn1. The van der Waals surface area contributed by atoms with Gasteiger partial charge in [-0.2, -0.15) is 0 Å². The van der Waals surface area contributed by atoms with E-state index in [1.54, 1.807) is 6.20 Å². The summed E-state index contributed by atoms with van der Waals surface area (Å²) in [5.74, 6) is 0.894. The van der Waals surface area contributed by atoms with Crippen molar-refractivity contribution >= 4 is 0 Å². The summed E-state index contributed by atoms with van der Waals surface area (Å²) in [6.07, 6.45) is 1.78. The first-order valence-corrected chi connectivity index (χ1v) is 4.65. The van der Waals surface area contributed by atoms with E-state index in [9.17, 15) is 0 Å². The van der Waals surface area contributed by atoms with Gasteiger partial charge in [0.2, 0.25) is 0 Å². The van der Waals surface area contributed by atoms with Gasteiger partial charge in [-0.3, -0.25) is 4.98 Å². The number of hydrogen-bond donors (Lipinski definition) is 1. The second-order valence-electron chi connectivity index (χ2n) is 2.70. The molecule has 0 fully saturated rings. The lowest BCUT2D eigenvalue weighted by Gasteiger charge is -2.05. The molecule has 13 heavy (non-hydrogen) atoms. The molecule has 0 radical (unpaired) electrons. The lowest BCUT2D eigenvalue weighted by atomic mass is 10.3. The van der Waals surface area contributed by atoms with Crippen molar-refractivity contribution < 1.29 is 4.74 Å². The molecule has 1 heterocycles. The summed E-state index contributed by atoms with van der Waals surface area (Å²) < 4.78 is 5.36. The number of nitrogens with one attached hydrogen (secondary N) is 1. The fourth-order valence-corrected chi connectivity index (χ4v) is 1.06. The molecule has 0 aromatic carbocycles. The first kappa shape index (κ1) is 9.99. The van der Waals surface area contributed by atoms with Gasteiger partial charge in [0.25, 0.3) is 0 Å². The maximum atomic E-state index is 5.36. The number of aromatic nitrogens is 1. The summed E-state index contributed by atoms with van der Waals surface area (Å²) in [5.41, 5.74) is 1.02. The molecule has 0 aliphatic carbocycles. The van der Waals surface area contributed by atoms with E-state index in [0.717, 1.165) is 24.5 Å². The molecule has 1 rings (SSSR count). The van der Waals surface area contributed by atoms with Crippen LogP contribution in [0, 0.1) is 0 Å². The number of rotatable bonds is 5. The molecule has 1 aromatic heterocycles. The van der Waals surface area contributed by atoms with Crippen molar-refractivity contribution in [1.29, 1.82) is 0 Å². The second kappa shape index (κ2) is 5.54. The minimum absolute atomic E-state index is 0.699. The fraction of sp³-hybridized carbons (Fsp3) is 0.500.